The van der Waals surface area contributed by atoms with Crippen molar-refractivity contribution in [3.63, 3.8) is 0 Å². The number of hydrogen-bond acceptors (Lipinski definition) is 5. The summed E-state index contributed by atoms with van der Waals surface area (Å²) < 4.78 is 37.6. The van der Waals surface area contributed by atoms with Crippen molar-refractivity contribution >= 4 is 10.0 Å². The van der Waals surface area contributed by atoms with Gasteiger partial charge in [-0.1, -0.05) is 0 Å². The molecule has 1 aromatic carbocycles. The van der Waals surface area contributed by atoms with E-state index in [0.717, 1.165) is 19.4 Å². The summed E-state index contributed by atoms with van der Waals surface area (Å²) >= 11 is 0. The Morgan fingerprint density at radius 2 is 1.91 bits per heavy atom. The van der Waals surface area contributed by atoms with E-state index in [-0.39, 0.29) is 4.90 Å². The first kappa shape index (κ1) is 17.1. The third-order valence-corrected chi connectivity index (χ3v) is 5.97. The maximum Gasteiger partial charge on any atom is 0.246 e. The lowest BCUT2D eigenvalue weighted by molar-refractivity contribution is 0.269. The van der Waals surface area contributed by atoms with Crippen molar-refractivity contribution in [3.8, 4) is 11.5 Å². The van der Waals surface area contributed by atoms with Crippen molar-refractivity contribution in [1.82, 2.24) is 9.62 Å². The summed E-state index contributed by atoms with van der Waals surface area (Å²) in [6.07, 6.45) is 1.73. The molecule has 1 aromatic rings. The molecular weight excluding hydrogens is 304 g/mol. The molecule has 0 aromatic heterocycles. The van der Waals surface area contributed by atoms with Gasteiger partial charge in [0.15, 0.2) is 0 Å². The van der Waals surface area contributed by atoms with E-state index in [2.05, 4.69) is 5.32 Å². The maximum atomic E-state index is 12.9. The fourth-order valence-electron chi connectivity index (χ4n) is 2.77. The molecule has 0 spiro atoms. The maximum absolute atomic E-state index is 12.9. The second-order valence-electron chi connectivity index (χ2n) is 5.42. The molecule has 22 heavy (non-hydrogen) atoms. The van der Waals surface area contributed by atoms with Gasteiger partial charge in [-0.3, -0.25) is 0 Å². The number of benzene rings is 1. The zero-order valence-corrected chi connectivity index (χ0v) is 14.1. The van der Waals surface area contributed by atoms with E-state index in [0.29, 0.717) is 30.5 Å². The summed E-state index contributed by atoms with van der Waals surface area (Å²) in [6, 6.07) is 4.84. The minimum Gasteiger partial charge on any atom is -0.497 e. The first-order valence-electron chi connectivity index (χ1n) is 7.39. The summed E-state index contributed by atoms with van der Waals surface area (Å²) in [7, 11) is 1.34. The Labute approximate surface area is 132 Å². The highest BCUT2D eigenvalue weighted by Crippen LogP contribution is 2.32. The lowest BCUT2D eigenvalue weighted by Crippen LogP contribution is -2.40. The second-order valence-corrected chi connectivity index (χ2v) is 7.33. The molecule has 0 bridgehead atoms. The number of rotatable bonds is 6. The fourth-order valence-corrected chi connectivity index (χ4v) is 4.41. The Morgan fingerprint density at radius 1 is 1.23 bits per heavy atom. The van der Waals surface area contributed by atoms with Gasteiger partial charge < -0.3 is 14.8 Å². The molecule has 1 heterocycles. The van der Waals surface area contributed by atoms with E-state index in [9.17, 15) is 8.42 Å². The molecule has 0 unspecified atom stereocenters. The predicted octanol–water partition coefficient (Wildman–Crippen LogP) is 1.32. The summed E-state index contributed by atoms with van der Waals surface area (Å²) in [6.45, 7) is 2.00. The topological polar surface area (TPSA) is 67.9 Å². The van der Waals surface area contributed by atoms with Crippen LogP contribution in [0, 0.1) is 5.92 Å². The molecule has 124 valence electrons. The molecule has 0 radical (unpaired) electrons. The van der Waals surface area contributed by atoms with Gasteiger partial charge in [-0.2, -0.15) is 4.31 Å². The standard InChI is InChI=1S/C15H24N2O4S/c1-16-11-12-6-8-17(9-7-12)22(18,19)15-10-13(20-2)4-5-14(15)21-3/h4-5,10,12,16H,6-9,11H2,1-3H3. The van der Waals surface area contributed by atoms with Crippen LogP contribution >= 0.6 is 0 Å². The molecule has 0 atom stereocenters. The molecule has 1 fully saturated rings. The molecule has 0 aliphatic carbocycles. The van der Waals surface area contributed by atoms with Crippen LogP contribution in [0.2, 0.25) is 0 Å². The van der Waals surface area contributed by atoms with E-state index >= 15 is 0 Å². The molecule has 1 aliphatic rings. The fraction of sp³-hybridized carbons (Fsp3) is 0.600. The number of nitrogens with one attached hydrogen (secondary N) is 1. The highest BCUT2D eigenvalue weighted by Gasteiger charge is 2.31. The van der Waals surface area contributed by atoms with Crippen LogP contribution in [0.25, 0.3) is 0 Å². The van der Waals surface area contributed by atoms with Crippen LogP contribution in [0.5, 0.6) is 11.5 Å². The van der Waals surface area contributed by atoms with E-state index in [1.54, 1.807) is 12.1 Å². The van der Waals surface area contributed by atoms with Gasteiger partial charge in [0.2, 0.25) is 10.0 Å². The highest BCUT2D eigenvalue weighted by atomic mass is 32.2. The lowest BCUT2D eigenvalue weighted by Gasteiger charge is -2.31. The van der Waals surface area contributed by atoms with E-state index in [4.69, 9.17) is 9.47 Å². The van der Waals surface area contributed by atoms with Crippen molar-refractivity contribution in [3.05, 3.63) is 18.2 Å². The first-order valence-corrected chi connectivity index (χ1v) is 8.83. The first-order chi connectivity index (χ1) is 10.5. The molecule has 1 saturated heterocycles. The Kier molecular flexibility index (Phi) is 5.66. The number of sulfonamides is 1. The zero-order valence-electron chi connectivity index (χ0n) is 13.3. The number of piperidine rings is 1. The van der Waals surface area contributed by atoms with Crippen LogP contribution in [0.4, 0.5) is 0 Å². The second kappa shape index (κ2) is 7.30. The van der Waals surface area contributed by atoms with Crippen molar-refractivity contribution < 1.29 is 17.9 Å². The summed E-state index contributed by atoms with van der Waals surface area (Å²) in [5, 5.41) is 3.15. The van der Waals surface area contributed by atoms with Crippen LogP contribution in [-0.4, -0.2) is 53.6 Å². The van der Waals surface area contributed by atoms with Gasteiger partial charge >= 0.3 is 0 Å². The molecule has 6 nitrogen and oxygen atoms in total. The van der Waals surface area contributed by atoms with Gasteiger partial charge in [-0.25, -0.2) is 8.42 Å². The van der Waals surface area contributed by atoms with Crippen LogP contribution < -0.4 is 14.8 Å². The van der Waals surface area contributed by atoms with Gasteiger partial charge in [0.05, 0.1) is 14.2 Å². The summed E-state index contributed by atoms with van der Waals surface area (Å²) in [4.78, 5) is 0.168. The third-order valence-electron chi connectivity index (χ3n) is 4.05. The molecule has 7 heteroatoms. The number of methoxy groups -OCH3 is 2. The third kappa shape index (κ3) is 3.53. The van der Waals surface area contributed by atoms with E-state index in [1.165, 1.54) is 24.6 Å². The number of nitrogens with zero attached hydrogens (tertiary/aromatic N) is 1. The SMILES string of the molecule is CNCC1CCN(S(=O)(=O)c2cc(OC)ccc2OC)CC1. The Morgan fingerprint density at radius 3 is 2.45 bits per heavy atom. The van der Waals surface area contributed by atoms with Crippen molar-refractivity contribution in [2.75, 3.05) is 40.9 Å². The number of hydrogen-bond donors (Lipinski definition) is 1. The Balaban J connectivity index is 2.24. The largest absolute Gasteiger partial charge is 0.497 e. The molecular formula is C15H24N2O4S. The zero-order chi connectivity index (χ0) is 16.2. The van der Waals surface area contributed by atoms with Crippen molar-refractivity contribution in [2.45, 2.75) is 17.7 Å². The molecule has 0 saturated carbocycles. The predicted molar refractivity (Wildman–Crippen MR) is 85.0 cm³/mol. The highest BCUT2D eigenvalue weighted by molar-refractivity contribution is 7.89. The quantitative estimate of drug-likeness (QED) is 0.853. The molecule has 1 aliphatic heterocycles. The lowest BCUT2D eigenvalue weighted by atomic mass is 9.98. The van der Waals surface area contributed by atoms with Crippen LogP contribution in [0.15, 0.2) is 23.1 Å². The van der Waals surface area contributed by atoms with Gasteiger partial charge in [0.1, 0.15) is 16.4 Å². The van der Waals surface area contributed by atoms with E-state index < -0.39 is 10.0 Å². The average Bonchev–Trinajstić information content (AvgIpc) is 2.55. The van der Waals surface area contributed by atoms with Crippen LogP contribution in [-0.2, 0) is 10.0 Å². The monoisotopic (exact) mass is 328 g/mol. The van der Waals surface area contributed by atoms with Gasteiger partial charge in [-0.15, -0.1) is 0 Å². The Hall–Kier alpha value is -1.31. The van der Waals surface area contributed by atoms with E-state index in [1.807, 2.05) is 7.05 Å². The Bertz CT molecular complexity index is 596. The smallest absolute Gasteiger partial charge is 0.246 e. The molecule has 2 rings (SSSR count). The molecule has 0 amide bonds. The van der Waals surface area contributed by atoms with Gasteiger partial charge in [0.25, 0.3) is 0 Å². The van der Waals surface area contributed by atoms with Crippen molar-refractivity contribution in [2.24, 2.45) is 5.92 Å². The summed E-state index contributed by atoms with van der Waals surface area (Å²) in [5.74, 6) is 1.38. The minimum absolute atomic E-state index is 0.168. The minimum atomic E-state index is -3.57. The normalized spacial score (nSPS) is 17.4. The van der Waals surface area contributed by atoms with Gasteiger partial charge in [-0.05, 0) is 44.5 Å². The number of ether oxygens (including phenoxy) is 2. The average molecular weight is 328 g/mol. The van der Waals surface area contributed by atoms with Gasteiger partial charge in [0, 0.05) is 19.2 Å². The molecule has 1 N–H and O–H groups in total. The summed E-state index contributed by atoms with van der Waals surface area (Å²) in [5.41, 5.74) is 0. The van der Waals surface area contributed by atoms with Crippen LogP contribution in [0.3, 0.4) is 0 Å². The van der Waals surface area contributed by atoms with Crippen LogP contribution in [0.1, 0.15) is 12.8 Å². The van der Waals surface area contributed by atoms with Crippen molar-refractivity contribution in [1.29, 1.82) is 0 Å².